The predicted octanol–water partition coefficient (Wildman–Crippen LogP) is 5.56. The molecule has 0 amide bonds. The van der Waals surface area contributed by atoms with Gasteiger partial charge in [0.25, 0.3) is 0 Å². The first-order valence-electron chi connectivity index (χ1n) is 7.87. The highest BCUT2D eigenvalue weighted by Gasteiger charge is 2.16. The van der Waals surface area contributed by atoms with Gasteiger partial charge in [0.05, 0.1) is 5.02 Å². The number of halogens is 2. The summed E-state index contributed by atoms with van der Waals surface area (Å²) in [5.41, 5.74) is 4.42. The van der Waals surface area contributed by atoms with Crippen LogP contribution in [0.4, 0.5) is 4.39 Å². The predicted molar refractivity (Wildman–Crippen MR) is 94.2 cm³/mol. The highest BCUT2D eigenvalue weighted by Crippen LogP contribution is 2.27. The van der Waals surface area contributed by atoms with Gasteiger partial charge in [-0.1, -0.05) is 41.7 Å². The van der Waals surface area contributed by atoms with Crippen molar-refractivity contribution in [1.29, 1.82) is 0 Å². The third-order valence-electron chi connectivity index (χ3n) is 4.21. The Balaban J connectivity index is 1.81. The zero-order valence-corrected chi connectivity index (χ0v) is 13.8. The van der Waals surface area contributed by atoms with Crippen LogP contribution in [0.3, 0.4) is 0 Å². The van der Waals surface area contributed by atoms with E-state index in [9.17, 15) is 4.39 Å². The van der Waals surface area contributed by atoms with Gasteiger partial charge in [0.2, 0.25) is 0 Å². The van der Waals surface area contributed by atoms with E-state index in [-0.39, 0.29) is 5.02 Å². The van der Waals surface area contributed by atoms with Crippen LogP contribution < -0.4 is 0 Å². The maximum Gasteiger partial charge on any atom is 0.143 e. The Morgan fingerprint density at radius 3 is 2.57 bits per heavy atom. The smallest absolute Gasteiger partial charge is 0.143 e. The number of allylic oxidation sites excluding steroid dienone is 2. The molecule has 0 saturated carbocycles. The number of benzene rings is 2. The minimum atomic E-state index is -0.432. The standard InChI is InChI=1S/C21H18ClF/c1-2-3-15-6-9-19-13-16(7-10-18(19)12-15)4-5-17-8-11-20(22)21(23)14-17/h2-3,7-8,10-11,13-15H,6,9,12H2,1H3. The summed E-state index contributed by atoms with van der Waals surface area (Å²) in [7, 11) is 0. The monoisotopic (exact) mass is 324 g/mol. The van der Waals surface area contributed by atoms with Crippen LogP contribution in [0.1, 0.15) is 35.6 Å². The van der Waals surface area contributed by atoms with Crippen molar-refractivity contribution in [1.82, 2.24) is 0 Å². The molecule has 0 radical (unpaired) electrons. The lowest BCUT2D eigenvalue weighted by Gasteiger charge is -2.22. The largest absolute Gasteiger partial charge is 0.205 e. The zero-order chi connectivity index (χ0) is 16.2. The first kappa shape index (κ1) is 15.8. The number of hydrogen-bond acceptors (Lipinski definition) is 0. The van der Waals surface area contributed by atoms with Crippen molar-refractivity contribution in [2.75, 3.05) is 0 Å². The molecule has 2 aromatic rings. The Labute approximate surface area is 142 Å². The van der Waals surface area contributed by atoms with E-state index in [0.29, 0.717) is 11.5 Å². The van der Waals surface area contributed by atoms with Crippen LogP contribution in [-0.2, 0) is 12.8 Å². The molecule has 3 rings (SSSR count). The topological polar surface area (TPSA) is 0 Å². The summed E-state index contributed by atoms with van der Waals surface area (Å²) >= 11 is 5.68. The molecule has 0 spiro atoms. The van der Waals surface area contributed by atoms with Gasteiger partial charge in [-0.25, -0.2) is 4.39 Å². The molecule has 0 N–H and O–H groups in total. The minimum Gasteiger partial charge on any atom is -0.205 e. The fourth-order valence-corrected chi connectivity index (χ4v) is 3.13. The normalized spacial score (nSPS) is 16.7. The van der Waals surface area contributed by atoms with Gasteiger partial charge in [0, 0.05) is 11.1 Å². The Bertz CT molecular complexity index is 808. The van der Waals surface area contributed by atoms with Crippen molar-refractivity contribution in [2.24, 2.45) is 5.92 Å². The van der Waals surface area contributed by atoms with Gasteiger partial charge in [-0.15, -0.1) is 0 Å². The van der Waals surface area contributed by atoms with Gasteiger partial charge in [-0.05, 0) is 73.6 Å². The first-order valence-corrected chi connectivity index (χ1v) is 8.25. The fraction of sp³-hybridized carbons (Fsp3) is 0.238. The van der Waals surface area contributed by atoms with Crippen LogP contribution in [0.15, 0.2) is 48.6 Å². The lowest BCUT2D eigenvalue weighted by molar-refractivity contribution is 0.552. The molecule has 23 heavy (non-hydrogen) atoms. The molecule has 1 atom stereocenters. The average molecular weight is 325 g/mol. The minimum absolute atomic E-state index is 0.125. The molecule has 0 saturated heterocycles. The summed E-state index contributed by atoms with van der Waals surface area (Å²) in [4.78, 5) is 0. The van der Waals surface area contributed by atoms with E-state index in [4.69, 9.17) is 11.6 Å². The van der Waals surface area contributed by atoms with E-state index in [1.165, 1.54) is 29.7 Å². The summed E-state index contributed by atoms with van der Waals surface area (Å²) in [6.45, 7) is 2.08. The van der Waals surface area contributed by atoms with Crippen LogP contribution in [0.25, 0.3) is 0 Å². The lowest BCUT2D eigenvalue weighted by atomic mass is 9.83. The molecule has 0 aliphatic heterocycles. The summed E-state index contributed by atoms with van der Waals surface area (Å²) in [5.74, 6) is 6.35. The average Bonchev–Trinajstić information content (AvgIpc) is 2.56. The SMILES string of the molecule is CC=CC1CCc2cc(C#Cc3ccc(Cl)c(F)c3)ccc2C1. The molecule has 1 unspecified atom stereocenters. The van der Waals surface area contributed by atoms with Crippen molar-refractivity contribution in [3.63, 3.8) is 0 Å². The van der Waals surface area contributed by atoms with E-state index >= 15 is 0 Å². The zero-order valence-electron chi connectivity index (χ0n) is 13.1. The molecule has 0 nitrogen and oxygen atoms in total. The molecular weight excluding hydrogens is 307 g/mol. The maximum absolute atomic E-state index is 13.4. The van der Waals surface area contributed by atoms with Gasteiger partial charge in [-0.3, -0.25) is 0 Å². The van der Waals surface area contributed by atoms with Crippen molar-refractivity contribution < 1.29 is 4.39 Å². The van der Waals surface area contributed by atoms with Crippen LogP contribution in [0.2, 0.25) is 5.02 Å². The second-order valence-corrected chi connectivity index (χ2v) is 6.30. The molecule has 1 aliphatic rings. The quantitative estimate of drug-likeness (QED) is 0.476. The molecule has 2 aromatic carbocycles. The van der Waals surface area contributed by atoms with E-state index < -0.39 is 5.82 Å². The van der Waals surface area contributed by atoms with E-state index in [2.05, 4.69) is 49.1 Å². The molecular formula is C21H18ClF. The summed E-state index contributed by atoms with van der Waals surface area (Å²) in [6.07, 6.45) is 7.83. The van der Waals surface area contributed by atoms with Gasteiger partial charge in [0.1, 0.15) is 5.82 Å². The molecule has 1 aliphatic carbocycles. The second-order valence-electron chi connectivity index (χ2n) is 5.89. The van der Waals surface area contributed by atoms with Crippen molar-refractivity contribution >= 4 is 11.6 Å². The number of fused-ring (bicyclic) bond motifs is 1. The van der Waals surface area contributed by atoms with Crippen LogP contribution >= 0.6 is 11.6 Å². The first-order chi connectivity index (χ1) is 11.2. The third kappa shape index (κ3) is 3.84. The van der Waals surface area contributed by atoms with Crippen molar-refractivity contribution in [3.8, 4) is 11.8 Å². The Morgan fingerprint density at radius 1 is 1.09 bits per heavy atom. The van der Waals surface area contributed by atoms with Gasteiger partial charge < -0.3 is 0 Å². The van der Waals surface area contributed by atoms with Gasteiger partial charge in [-0.2, -0.15) is 0 Å². The van der Waals surface area contributed by atoms with E-state index in [1.54, 1.807) is 6.07 Å². The summed E-state index contributed by atoms with van der Waals surface area (Å²) in [6, 6.07) is 11.0. The lowest BCUT2D eigenvalue weighted by Crippen LogP contribution is -2.12. The molecule has 0 bridgehead atoms. The van der Waals surface area contributed by atoms with Crippen LogP contribution in [0.5, 0.6) is 0 Å². The van der Waals surface area contributed by atoms with Crippen LogP contribution in [0, 0.1) is 23.6 Å². The summed E-state index contributed by atoms with van der Waals surface area (Å²) < 4.78 is 13.4. The Hall–Kier alpha value is -2.04. The third-order valence-corrected chi connectivity index (χ3v) is 4.51. The molecule has 0 heterocycles. The van der Waals surface area contributed by atoms with E-state index in [0.717, 1.165) is 18.4 Å². The molecule has 116 valence electrons. The maximum atomic E-state index is 13.4. The number of rotatable bonds is 1. The van der Waals surface area contributed by atoms with Crippen molar-refractivity contribution in [2.45, 2.75) is 26.2 Å². The Morgan fingerprint density at radius 2 is 1.83 bits per heavy atom. The highest BCUT2D eigenvalue weighted by molar-refractivity contribution is 6.30. The van der Waals surface area contributed by atoms with Gasteiger partial charge in [0.15, 0.2) is 0 Å². The van der Waals surface area contributed by atoms with E-state index in [1.807, 2.05) is 0 Å². The number of hydrogen-bond donors (Lipinski definition) is 0. The highest BCUT2D eigenvalue weighted by atomic mass is 35.5. The molecule has 2 heteroatoms. The summed E-state index contributed by atoms with van der Waals surface area (Å²) in [5, 5.41) is 0.125. The fourth-order valence-electron chi connectivity index (χ4n) is 3.02. The van der Waals surface area contributed by atoms with Gasteiger partial charge >= 0.3 is 0 Å². The van der Waals surface area contributed by atoms with Crippen LogP contribution in [-0.4, -0.2) is 0 Å². The van der Waals surface area contributed by atoms with Crippen molar-refractivity contribution in [3.05, 3.63) is 81.6 Å². The number of aryl methyl sites for hydroxylation is 1. The molecule has 0 fully saturated rings. The Kier molecular flexibility index (Phi) is 4.84. The second kappa shape index (κ2) is 7.02. The molecule has 0 aromatic heterocycles.